The second kappa shape index (κ2) is 9.57. The number of hydrogen-bond acceptors (Lipinski definition) is 3. The Morgan fingerprint density at radius 2 is 1.54 bits per heavy atom. The highest BCUT2D eigenvalue weighted by Gasteiger charge is 2.44. The van der Waals surface area contributed by atoms with E-state index in [2.05, 4.69) is 27.7 Å². The van der Waals surface area contributed by atoms with Gasteiger partial charge in [-0.15, -0.1) is 0 Å². The lowest BCUT2D eigenvalue weighted by Gasteiger charge is -2.12. The first-order valence-electron chi connectivity index (χ1n) is 9.20. The smallest absolute Gasteiger partial charge is 0.175 e. The van der Waals surface area contributed by atoms with Gasteiger partial charge in [0.15, 0.2) is 9.84 Å². The molecular weight excluding hydrogens is 320 g/mol. The minimum atomic E-state index is -3.16. The van der Waals surface area contributed by atoms with Crippen molar-refractivity contribution in [2.45, 2.75) is 70.8 Å². The summed E-state index contributed by atoms with van der Waals surface area (Å²) in [5.41, 5.74) is 0.815. The van der Waals surface area contributed by atoms with E-state index in [-0.39, 0.29) is 0 Å². The van der Waals surface area contributed by atoms with E-state index < -0.39 is 15.9 Å². The van der Waals surface area contributed by atoms with Gasteiger partial charge < -0.3 is 5.11 Å². The van der Waals surface area contributed by atoms with Crippen molar-refractivity contribution in [2.75, 3.05) is 6.26 Å². The van der Waals surface area contributed by atoms with Crippen molar-refractivity contribution in [3.8, 4) is 0 Å². The van der Waals surface area contributed by atoms with Gasteiger partial charge in [-0.2, -0.15) is 0 Å². The lowest BCUT2D eigenvalue weighted by atomic mass is 10.00. The van der Waals surface area contributed by atoms with Gasteiger partial charge in [-0.05, 0) is 41.9 Å². The number of aliphatic hydroxyl groups is 1. The van der Waals surface area contributed by atoms with E-state index in [9.17, 15) is 13.5 Å². The summed E-state index contributed by atoms with van der Waals surface area (Å²) in [4.78, 5) is 0.301. The second-order valence-corrected chi connectivity index (χ2v) is 9.32. The van der Waals surface area contributed by atoms with E-state index in [1.165, 1.54) is 31.9 Å². The van der Waals surface area contributed by atoms with Crippen LogP contribution in [0, 0.1) is 17.8 Å². The number of sulfone groups is 1. The maximum Gasteiger partial charge on any atom is 0.175 e. The third-order valence-electron chi connectivity index (χ3n) is 4.76. The van der Waals surface area contributed by atoms with Crippen LogP contribution in [0.25, 0.3) is 0 Å². The van der Waals surface area contributed by atoms with E-state index in [1.54, 1.807) is 24.3 Å². The van der Waals surface area contributed by atoms with Crippen molar-refractivity contribution in [3.63, 3.8) is 0 Å². The Kier molecular flexibility index (Phi) is 8.44. The molecule has 1 aliphatic carbocycles. The van der Waals surface area contributed by atoms with E-state index >= 15 is 0 Å². The molecule has 1 aliphatic rings. The zero-order valence-corrected chi connectivity index (χ0v) is 16.6. The van der Waals surface area contributed by atoms with Gasteiger partial charge in [-0.25, -0.2) is 8.42 Å². The van der Waals surface area contributed by atoms with Crippen molar-refractivity contribution in [1.82, 2.24) is 0 Å². The molecule has 3 unspecified atom stereocenters. The number of hydrogen-bond donors (Lipinski definition) is 1. The van der Waals surface area contributed by atoms with Crippen LogP contribution < -0.4 is 0 Å². The number of rotatable bonds is 7. The summed E-state index contributed by atoms with van der Waals surface area (Å²) < 4.78 is 22.7. The molecule has 0 spiro atoms. The Morgan fingerprint density at radius 1 is 1.04 bits per heavy atom. The van der Waals surface area contributed by atoms with Crippen LogP contribution in [0.15, 0.2) is 29.2 Å². The van der Waals surface area contributed by atoms with Gasteiger partial charge in [0.25, 0.3) is 0 Å². The number of benzene rings is 1. The topological polar surface area (TPSA) is 54.4 Å². The zero-order valence-electron chi connectivity index (χ0n) is 15.8. The fourth-order valence-corrected chi connectivity index (χ4v) is 3.66. The first-order chi connectivity index (χ1) is 11.2. The maximum absolute atomic E-state index is 11.3. The van der Waals surface area contributed by atoms with Gasteiger partial charge in [-0.3, -0.25) is 0 Å². The molecule has 1 fully saturated rings. The van der Waals surface area contributed by atoms with Crippen LogP contribution in [0.5, 0.6) is 0 Å². The molecule has 0 amide bonds. The van der Waals surface area contributed by atoms with E-state index in [1.807, 2.05) is 0 Å². The first kappa shape index (κ1) is 21.2. The molecule has 0 heterocycles. The predicted octanol–water partition coefficient (Wildman–Crippen LogP) is 5.00. The molecule has 4 heteroatoms. The number of unbranched alkanes of at least 4 members (excludes halogenated alkanes) is 3. The lowest BCUT2D eigenvalue weighted by Crippen LogP contribution is -2.05. The van der Waals surface area contributed by atoms with E-state index in [0.717, 1.165) is 12.0 Å². The summed E-state index contributed by atoms with van der Waals surface area (Å²) >= 11 is 0. The Morgan fingerprint density at radius 3 is 1.88 bits per heavy atom. The quantitative estimate of drug-likeness (QED) is 0.701. The summed E-state index contributed by atoms with van der Waals surface area (Å²) in [5, 5.41) is 10.2. The van der Waals surface area contributed by atoms with Crippen LogP contribution in [0.4, 0.5) is 0 Å². The van der Waals surface area contributed by atoms with Gasteiger partial charge in [0.1, 0.15) is 0 Å². The van der Waals surface area contributed by atoms with Crippen molar-refractivity contribution in [3.05, 3.63) is 29.8 Å². The highest BCUT2D eigenvalue weighted by atomic mass is 32.2. The third kappa shape index (κ3) is 6.56. The van der Waals surface area contributed by atoms with Crippen molar-refractivity contribution < 1.29 is 13.5 Å². The average Bonchev–Trinajstić information content (AvgIpc) is 3.33. The molecule has 1 aromatic carbocycles. The van der Waals surface area contributed by atoms with Crippen LogP contribution in [0.3, 0.4) is 0 Å². The third-order valence-corrected chi connectivity index (χ3v) is 5.89. The number of aliphatic hydroxyl groups excluding tert-OH is 1. The Hall–Kier alpha value is -0.870. The molecule has 0 bridgehead atoms. The highest BCUT2D eigenvalue weighted by Crippen LogP contribution is 2.51. The summed E-state index contributed by atoms with van der Waals surface area (Å²) in [7, 11) is -3.16. The molecule has 3 nitrogen and oxygen atoms in total. The van der Waals surface area contributed by atoms with Crippen LogP contribution >= 0.6 is 0 Å². The van der Waals surface area contributed by atoms with Crippen LogP contribution in [0.2, 0.25) is 0 Å². The molecule has 0 saturated heterocycles. The Bertz CT molecular complexity index is 571. The van der Waals surface area contributed by atoms with Crippen LogP contribution in [0.1, 0.15) is 71.5 Å². The monoisotopic (exact) mass is 354 g/mol. The van der Waals surface area contributed by atoms with E-state index in [0.29, 0.717) is 22.6 Å². The molecule has 2 rings (SSSR count). The molecular formula is C20H34O3S. The normalized spacial score (nSPS) is 21.1. The standard InChI is InChI=1S/C14H20O3S.C6H14/c1-9(2)12-8-13(12)14(15)10-4-6-11(7-5-10)18(3,16)17;1-3-5-6-4-2/h4-7,9,12-15H,8H2,1-3H3;3-6H2,1-2H3. The molecule has 24 heavy (non-hydrogen) atoms. The van der Waals surface area contributed by atoms with Gasteiger partial charge in [0.2, 0.25) is 0 Å². The Labute approximate surface area is 148 Å². The van der Waals surface area contributed by atoms with Crippen LogP contribution in [-0.2, 0) is 9.84 Å². The minimum absolute atomic E-state index is 0.301. The predicted molar refractivity (Wildman–Crippen MR) is 101 cm³/mol. The molecule has 0 aliphatic heterocycles. The fourth-order valence-electron chi connectivity index (χ4n) is 3.02. The van der Waals surface area contributed by atoms with Gasteiger partial charge in [-0.1, -0.05) is 65.5 Å². The van der Waals surface area contributed by atoms with Gasteiger partial charge in [0, 0.05) is 6.26 Å². The van der Waals surface area contributed by atoms with Crippen molar-refractivity contribution >= 4 is 9.84 Å². The maximum atomic E-state index is 11.3. The largest absolute Gasteiger partial charge is 0.388 e. The molecule has 138 valence electrons. The van der Waals surface area contributed by atoms with Crippen molar-refractivity contribution in [1.29, 1.82) is 0 Å². The summed E-state index contributed by atoms with van der Waals surface area (Å²) in [6.07, 6.45) is 7.32. The van der Waals surface area contributed by atoms with Gasteiger partial charge >= 0.3 is 0 Å². The molecule has 0 aromatic heterocycles. The molecule has 3 atom stereocenters. The molecule has 0 radical (unpaired) electrons. The lowest BCUT2D eigenvalue weighted by molar-refractivity contribution is 0.142. The minimum Gasteiger partial charge on any atom is -0.388 e. The average molecular weight is 355 g/mol. The Balaban J connectivity index is 0.000000413. The SMILES string of the molecule is CC(C)C1CC1C(O)c1ccc(S(C)(=O)=O)cc1.CCCCCC. The van der Waals surface area contributed by atoms with Crippen molar-refractivity contribution in [2.24, 2.45) is 17.8 Å². The first-order valence-corrected chi connectivity index (χ1v) is 11.1. The zero-order chi connectivity index (χ0) is 18.3. The summed E-state index contributed by atoms with van der Waals surface area (Å²) in [6, 6.07) is 6.58. The molecule has 1 N–H and O–H groups in total. The summed E-state index contributed by atoms with van der Waals surface area (Å²) in [6.45, 7) is 8.81. The van der Waals surface area contributed by atoms with Crippen LogP contribution in [-0.4, -0.2) is 19.8 Å². The van der Waals surface area contributed by atoms with E-state index in [4.69, 9.17) is 0 Å². The molecule has 1 saturated carbocycles. The second-order valence-electron chi connectivity index (χ2n) is 7.30. The van der Waals surface area contributed by atoms with Gasteiger partial charge in [0.05, 0.1) is 11.0 Å². The highest BCUT2D eigenvalue weighted by molar-refractivity contribution is 7.90. The fraction of sp³-hybridized carbons (Fsp3) is 0.700. The molecule has 1 aromatic rings. The summed E-state index contributed by atoms with van der Waals surface area (Å²) in [5.74, 6) is 1.52.